The topological polar surface area (TPSA) is 87.0 Å². The molecule has 1 aromatic rings. The second-order valence-corrected chi connectivity index (χ2v) is 9.22. The van der Waals surface area contributed by atoms with Gasteiger partial charge in [-0.15, -0.1) is 24.0 Å². The maximum Gasteiger partial charge on any atom is 0.410 e. The SMILES string of the molecule is CN=C(NCC(C)CN(C)C(=O)OC(C)(C)C)NC1CCCN(c2cnn(C)c2)C1.I. The van der Waals surface area contributed by atoms with Gasteiger partial charge < -0.3 is 25.2 Å². The highest BCUT2D eigenvalue weighted by Gasteiger charge is 2.23. The first-order chi connectivity index (χ1) is 14.1. The Morgan fingerprint density at radius 1 is 1.45 bits per heavy atom. The standard InChI is InChI=1S/C21H39N7O2.HI/c1-16(13-26(6)20(29)30-21(2,3)4)11-23-19(22-5)25-17-9-8-10-28(14-17)18-12-24-27(7)15-18;/h12,15-17H,8-11,13-14H2,1-7H3,(H2,22,23,25);1H. The molecule has 0 aromatic carbocycles. The highest BCUT2D eigenvalue weighted by Crippen LogP contribution is 2.19. The first kappa shape index (κ1) is 27.3. The van der Waals surface area contributed by atoms with Gasteiger partial charge in [-0.25, -0.2) is 4.79 Å². The minimum Gasteiger partial charge on any atom is -0.444 e. The highest BCUT2D eigenvalue weighted by molar-refractivity contribution is 14.0. The smallest absolute Gasteiger partial charge is 0.410 e. The van der Waals surface area contributed by atoms with Crippen LogP contribution in [0, 0.1) is 5.92 Å². The zero-order valence-electron chi connectivity index (χ0n) is 20.0. The monoisotopic (exact) mass is 549 g/mol. The van der Waals surface area contributed by atoms with Gasteiger partial charge >= 0.3 is 6.09 Å². The number of aromatic nitrogens is 2. The van der Waals surface area contributed by atoms with E-state index in [0.717, 1.165) is 37.6 Å². The number of aliphatic imine (C=N–C) groups is 1. The number of hydrogen-bond donors (Lipinski definition) is 2. The molecule has 178 valence electrons. The lowest BCUT2D eigenvalue weighted by molar-refractivity contribution is 0.0278. The van der Waals surface area contributed by atoms with E-state index in [9.17, 15) is 4.79 Å². The fourth-order valence-electron chi connectivity index (χ4n) is 3.51. The van der Waals surface area contributed by atoms with Crippen molar-refractivity contribution in [3.05, 3.63) is 12.4 Å². The number of nitrogens with zero attached hydrogens (tertiary/aromatic N) is 5. The van der Waals surface area contributed by atoms with Crippen LogP contribution < -0.4 is 15.5 Å². The molecule has 1 aliphatic heterocycles. The number of carbonyl (C=O) groups excluding carboxylic acids is 1. The molecule has 1 saturated heterocycles. The van der Waals surface area contributed by atoms with Crippen molar-refractivity contribution in [3.8, 4) is 0 Å². The van der Waals surface area contributed by atoms with E-state index in [1.165, 1.54) is 0 Å². The van der Waals surface area contributed by atoms with Gasteiger partial charge in [-0.05, 0) is 39.5 Å². The number of nitrogens with one attached hydrogen (secondary N) is 2. The molecule has 2 heterocycles. The third-order valence-corrected chi connectivity index (χ3v) is 4.95. The number of carbonyl (C=O) groups is 1. The van der Waals surface area contributed by atoms with Crippen LogP contribution >= 0.6 is 24.0 Å². The zero-order chi connectivity index (χ0) is 22.3. The van der Waals surface area contributed by atoms with E-state index < -0.39 is 5.60 Å². The van der Waals surface area contributed by atoms with Crippen molar-refractivity contribution in [1.29, 1.82) is 0 Å². The Balaban J connectivity index is 0.00000480. The van der Waals surface area contributed by atoms with Crippen LogP contribution in [0.5, 0.6) is 0 Å². The summed E-state index contributed by atoms with van der Waals surface area (Å²) >= 11 is 0. The number of rotatable bonds is 6. The Bertz CT molecular complexity index is 717. The van der Waals surface area contributed by atoms with Gasteiger partial charge in [0, 0.05) is 59.6 Å². The van der Waals surface area contributed by atoms with E-state index in [2.05, 4.69) is 38.7 Å². The van der Waals surface area contributed by atoms with Crippen LogP contribution in [0.25, 0.3) is 0 Å². The molecular weight excluding hydrogens is 509 g/mol. The number of guanidine groups is 1. The van der Waals surface area contributed by atoms with Crippen molar-refractivity contribution < 1.29 is 9.53 Å². The van der Waals surface area contributed by atoms with Crippen molar-refractivity contribution in [2.45, 2.75) is 52.2 Å². The van der Waals surface area contributed by atoms with Crippen LogP contribution in [-0.4, -0.2) is 78.7 Å². The molecule has 2 rings (SSSR count). The van der Waals surface area contributed by atoms with Gasteiger partial charge in [0.1, 0.15) is 5.60 Å². The summed E-state index contributed by atoms with van der Waals surface area (Å²) in [7, 11) is 5.50. The molecule has 2 unspecified atom stereocenters. The lowest BCUT2D eigenvalue weighted by Crippen LogP contribution is -2.52. The van der Waals surface area contributed by atoms with E-state index in [0.29, 0.717) is 19.1 Å². The number of anilines is 1. The molecule has 9 nitrogen and oxygen atoms in total. The number of halogens is 1. The molecule has 1 aliphatic rings. The molecule has 2 N–H and O–H groups in total. The molecule has 1 fully saturated rings. The summed E-state index contributed by atoms with van der Waals surface area (Å²) in [5, 5.41) is 11.2. The lowest BCUT2D eigenvalue weighted by atomic mass is 10.1. The number of aryl methyl sites for hydroxylation is 1. The minimum absolute atomic E-state index is 0. The second-order valence-electron chi connectivity index (χ2n) is 9.22. The van der Waals surface area contributed by atoms with Crippen LogP contribution in [0.2, 0.25) is 0 Å². The number of piperidine rings is 1. The van der Waals surface area contributed by atoms with E-state index >= 15 is 0 Å². The number of ether oxygens (including phenoxy) is 1. The van der Waals surface area contributed by atoms with Gasteiger partial charge in [0.25, 0.3) is 0 Å². The normalized spacial score (nSPS) is 18.1. The van der Waals surface area contributed by atoms with Crippen molar-refractivity contribution in [1.82, 2.24) is 25.3 Å². The molecule has 0 saturated carbocycles. The quantitative estimate of drug-likeness (QED) is 0.323. The minimum atomic E-state index is -0.484. The van der Waals surface area contributed by atoms with E-state index in [4.69, 9.17) is 4.74 Å². The van der Waals surface area contributed by atoms with Gasteiger partial charge in [-0.1, -0.05) is 6.92 Å². The van der Waals surface area contributed by atoms with Crippen LogP contribution in [0.3, 0.4) is 0 Å². The zero-order valence-corrected chi connectivity index (χ0v) is 22.3. The van der Waals surface area contributed by atoms with Crippen LogP contribution in [-0.2, 0) is 11.8 Å². The first-order valence-corrected chi connectivity index (χ1v) is 10.7. The predicted molar refractivity (Wildman–Crippen MR) is 136 cm³/mol. The predicted octanol–water partition coefficient (Wildman–Crippen LogP) is 2.67. The van der Waals surface area contributed by atoms with Crippen LogP contribution in [0.1, 0.15) is 40.5 Å². The van der Waals surface area contributed by atoms with Crippen molar-refractivity contribution in [2.24, 2.45) is 18.0 Å². The summed E-state index contributed by atoms with van der Waals surface area (Å²) in [5.74, 6) is 1.04. The molecule has 0 aliphatic carbocycles. The molecule has 1 aromatic heterocycles. The Morgan fingerprint density at radius 2 is 2.16 bits per heavy atom. The molecule has 10 heteroatoms. The maximum atomic E-state index is 12.1. The fourth-order valence-corrected chi connectivity index (χ4v) is 3.51. The summed E-state index contributed by atoms with van der Waals surface area (Å²) in [6.07, 6.45) is 5.90. The molecule has 0 spiro atoms. The van der Waals surface area contributed by atoms with Gasteiger partial charge in [0.2, 0.25) is 0 Å². The molecule has 2 atom stereocenters. The van der Waals surface area contributed by atoms with Gasteiger partial charge in [-0.2, -0.15) is 5.10 Å². The number of hydrogen-bond acceptors (Lipinski definition) is 5. The molecule has 0 radical (unpaired) electrons. The van der Waals surface area contributed by atoms with Crippen molar-refractivity contribution in [3.63, 3.8) is 0 Å². The van der Waals surface area contributed by atoms with Gasteiger partial charge in [0.05, 0.1) is 11.9 Å². The summed E-state index contributed by atoms with van der Waals surface area (Å²) < 4.78 is 7.25. The van der Waals surface area contributed by atoms with Gasteiger partial charge in [0.15, 0.2) is 5.96 Å². The Morgan fingerprint density at radius 3 is 2.74 bits per heavy atom. The Hall–Kier alpha value is -1.72. The Labute approximate surface area is 204 Å². The van der Waals surface area contributed by atoms with Crippen LogP contribution in [0.15, 0.2) is 17.4 Å². The van der Waals surface area contributed by atoms with E-state index in [1.807, 2.05) is 38.7 Å². The lowest BCUT2D eigenvalue weighted by Gasteiger charge is -2.34. The first-order valence-electron chi connectivity index (χ1n) is 10.7. The third-order valence-electron chi connectivity index (χ3n) is 4.95. The van der Waals surface area contributed by atoms with Crippen molar-refractivity contribution >= 4 is 41.7 Å². The summed E-state index contributed by atoms with van der Waals surface area (Å²) in [5.41, 5.74) is 0.674. The summed E-state index contributed by atoms with van der Waals surface area (Å²) in [6, 6.07) is 0.324. The molecule has 0 bridgehead atoms. The second kappa shape index (κ2) is 12.4. The fraction of sp³-hybridized carbons (Fsp3) is 0.762. The third kappa shape index (κ3) is 9.53. The molecule has 1 amide bonds. The summed E-state index contributed by atoms with van der Waals surface area (Å²) in [6.45, 7) is 11.0. The molecular formula is C21H40IN7O2. The average molecular weight is 550 g/mol. The van der Waals surface area contributed by atoms with Crippen LogP contribution in [0.4, 0.5) is 10.5 Å². The average Bonchev–Trinajstić information content (AvgIpc) is 3.10. The van der Waals surface area contributed by atoms with E-state index in [1.54, 1.807) is 19.0 Å². The molecule has 31 heavy (non-hydrogen) atoms. The highest BCUT2D eigenvalue weighted by atomic mass is 127. The van der Waals surface area contributed by atoms with Gasteiger partial charge in [-0.3, -0.25) is 9.67 Å². The summed E-state index contributed by atoms with van der Waals surface area (Å²) in [4.78, 5) is 20.5. The maximum absolute atomic E-state index is 12.1. The largest absolute Gasteiger partial charge is 0.444 e. The van der Waals surface area contributed by atoms with E-state index in [-0.39, 0.29) is 36.0 Å². The Kier molecular flexibility index (Phi) is 10.9. The van der Waals surface area contributed by atoms with Crippen molar-refractivity contribution in [2.75, 3.05) is 45.2 Å². The number of amides is 1.